The molecule has 7 heteroatoms. The van der Waals surface area contributed by atoms with Crippen molar-refractivity contribution in [2.75, 3.05) is 18.4 Å². The molecule has 35 heavy (non-hydrogen) atoms. The Morgan fingerprint density at radius 1 is 1.03 bits per heavy atom. The molecule has 0 radical (unpaired) electrons. The summed E-state index contributed by atoms with van der Waals surface area (Å²) in [6.07, 6.45) is 1.72. The predicted molar refractivity (Wildman–Crippen MR) is 142 cm³/mol. The van der Waals surface area contributed by atoms with Crippen LogP contribution in [0, 0.1) is 5.92 Å². The van der Waals surface area contributed by atoms with Gasteiger partial charge in [0.05, 0.1) is 23.2 Å². The Morgan fingerprint density at radius 2 is 1.77 bits per heavy atom. The number of hydrogen-bond donors (Lipinski definition) is 2. The Bertz CT molecular complexity index is 1190. The van der Waals surface area contributed by atoms with Crippen molar-refractivity contribution in [3.8, 4) is 0 Å². The van der Waals surface area contributed by atoms with Crippen molar-refractivity contribution in [1.29, 1.82) is 0 Å². The number of halogens is 2. The van der Waals surface area contributed by atoms with Gasteiger partial charge in [-0.25, -0.2) is 0 Å². The first-order valence-corrected chi connectivity index (χ1v) is 12.6. The summed E-state index contributed by atoms with van der Waals surface area (Å²) < 4.78 is 0. The van der Waals surface area contributed by atoms with Crippen molar-refractivity contribution in [2.45, 2.75) is 32.4 Å². The maximum Gasteiger partial charge on any atom is 0.253 e. The van der Waals surface area contributed by atoms with Crippen molar-refractivity contribution in [3.63, 3.8) is 0 Å². The Hall–Kier alpha value is -2.86. The quantitative estimate of drug-likeness (QED) is 0.390. The van der Waals surface area contributed by atoms with Gasteiger partial charge >= 0.3 is 0 Å². The van der Waals surface area contributed by atoms with Crippen LogP contribution in [0.2, 0.25) is 10.0 Å². The highest BCUT2D eigenvalue weighted by molar-refractivity contribution is 6.35. The normalized spacial score (nSPS) is 16.9. The molecule has 3 aromatic rings. The van der Waals surface area contributed by atoms with Gasteiger partial charge < -0.3 is 10.6 Å². The number of anilines is 1. The van der Waals surface area contributed by atoms with Gasteiger partial charge in [-0.2, -0.15) is 0 Å². The number of carbonyl (C=O) groups excluding carboxylic acids is 2. The highest BCUT2D eigenvalue weighted by atomic mass is 35.5. The number of likely N-dealkylation sites (tertiary alicyclic amines) is 1. The minimum atomic E-state index is -0.222. The second-order valence-electron chi connectivity index (χ2n) is 8.95. The Labute approximate surface area is 216 Å². The third-order valence-corrected chi connectivity index (χ3v) is 6.95. The molecule has 2 amide bonds. The molecule has 4 rings (SSSR count). The molecule has 1 heterocycles. The van der Waals surface area contributed by atoms with Crippen molar-refractivity contribution in [3.05, 3.63) is 99.5 Å². The van der Waals surface area contributed by atoms with E-state index in [-0.39, 0.29) is 23.8 Å². The third-order valence-electron chi connectivity index (χ3n) is 6.36. The summed E-state index contributed by atoms with van der Waals surface area (Å²) in [7, 11) is 0. The van der Waals surface area contributed by atoms with Crippen molar-refractivity contribution in [1.82, 2.24) is 10.2 Å². The van der Waals surface area contributed by atoms with E-state index < -0.39 is 0 Å². The van der Waals surface area contributed by atoms with Crippen LogP contribution in [0.4, 0.5) is 5.69 Å². The van der Waals surface area contributed by atoms with Crippen LogP contribution < -0.4 is 10.6 Å². The van der Waals surface area contributed by atoms with Crippen molar-refractivity contribution < 1.29 is 9.59 Å². The lowest BCUT2D eigenvalue weighted by Crippen LogP contribution is -2.40. The van der Waals surface area contributed by atoms with Gasteiger partial charge in [-0.15, -0.1) is 0 Å². The largest absolute Gasteiger partial charge is 0.345 e. The van der Waals surface area contributed by atoms with Crippen LogP contribution in [0.3, 0.4) is 0 Å². The van der Waals surface area contributed by atoms with Crippen LogP contribution in [0.25, 0.3) is 0 Å². The van der Waals surface area contributed by atoms with Gasteiger partial charge in [0.25, 0.3) is 5.91 Å². The molecule has 0 aromatic heterocycles. The van der Waals surface area contributed by atoms with E-state index in [2.05, 4.69) is 15.5 Å². The van der Waals surface area contributed by atoms with E-state index >= 15 is 0 Å². The molecule has 2 atom stereocenters. The average molecular weight is 510 g/mol. The number of rotatable bonds is 7. The first-order valence-electron chi connectivity index (χ1n) is 11.8. The second kappa shape index (κ2) is 11.7. The molecular formula is C28H29Cl2N3O2. The third kappa shape index (κ3) is 6.63. The van der Waals surface area contributed by atoms with Crippen LogP contribution in [0.1, 0.15) is 47.3 Å². The summed E-state index contributed by atoms with van der Waals surface area (Å²) >= 11 is 12.4. The van der Waals surface area contributed by atoms with Crippen LogP contribution in [0.5, 0.6) is 0 Å². The zero-order valence-corrected chi connectivity index (χ0v) is 21.1. The fraction of sp³-hybridized carbons (Fsp3) is 0.286. The molecule has 1 aliphatic heterocycles. The van der Waals surface area contributed by atoms with Gasteiger partial charge in [0.15, 0.2) is 0 Å². The molecule has 3 aromatic carbocycles. The van der Waals surface area contributed by atoms with E-state index in [9.17, 15) is 9.59 Å². The van der Waals surface area contributed by atoms with Gasteiger partial charge in [-0.05, 0) is 61.7 Å². The SMILES string of the molecule is CC(NC(=O)c1ccccc1NC(=O)C1CCCN(Cc2ccc(Cl)cc2Cl)C1)c1ccccc1. The fourth-order valence-electron chi connectivity index (χ4n) is 4.43. The molecule has 0 bridgehead atoms. The van der Waals surface area contributed by atoms with Crippen LogP contribution in [0.15, 0.2) is 72.8 Å². The summed E-state index contributed by atoms with van der Waals surface area (Å²) in [5.41, 5.74) is 2.98. The second-order valence-corrected chi connectivity index (χ2v) is 9.79. The maximum absolute atomic E-state index is 13.2. The average Bonchev–Trinajstić information content (AvgIpc) is 2.86. The number of carbonyl (C=O) groups is 2. The first kappa shape index (κ1) is 25.2. The predicted octanol–water partition coefficient (Wildman–Crippen LogP) is 6.34. The molecule has 0 spiro atoms. The van der Waals surface area contributed by atoms with Crippen LogP contribution in [-0.2, 0) is 11.3 Å². The number of hydrogen-bond acceptors (Lipinski definition) is 3. The lowest BCUT2D eigenvalue weighted by atomic mass is 9.96. The van der Waals surface area contributed by atoms with E-state index in [1.54, 1.807) is 24.3 Å². The maximum atomic E-state index is 13.2. The summed E-state index contributed by atoms with van der Waals surface area (Å²) in [5.74, 6) is -0.470. The molecule has 1 fully saturated rings. The van der Waals surface area contributed by atoms with E-state index in [1.165, 1.54) is 0 Å². The summed E-state index contributed by atoms with van der Waals surface area (Å²) in [5, 5.41) is 7.28. The molecule has 2 unspecified atom stereocenters. The summed E-state index contributed by atoms with van der Waals surface area (Å²) in [4.78, 5) is 28.4. The fourth-order valence-corrected chi connectivity index (χ4v) is 4.90. The molecule has 2 N–H and O–H groups in total. The monoisotopic (exact) mass is 509 g/mol. The number of benzene rings is 3. The molecule has 0 saturated carbocycles. The zero-order valence-electron chi connectivity index (χ0n) is 19.6. The minimum absolute atomic E-state index is 0.0757. The van der Waals surface area contributed by atoms with E-state index in [0.29, 0.717) is 34.4 Å². The Morgan fingerprint density at radius 3 is 2.54 bits per heavy atom. The number of nitrogens with one attached hydrogen (secondary N) is 2. The molecule has 5 nitrogen and oxygen atoms in total. The summed E-state index contributed by atoms with van der Waals surface area (Å²) in [6.45, 7) is 4.14. The molecule has 1 saturated heterocycles. The number of para-hydroxylation sites is 1. The van der Waals surface area contributed by atoms with E-state index in [0.717, 1.165) is 30.5 Å². The molecule has 1 aliphatic rings. The van der Waals surface area contributed by atoms with Gasteiger partial charge in [-0.1, -0.05) is 71.7 Å². The van der Waals surface area contributed by atoms with Crippen LogP contribution in [-0.4, -0.2) is 29.8 Å². The first-order chi connectivity index (χ1) is 16.9. The van der Waals surface area contributed by atoms with Crippen molar-refractivity contribution >= 4 is 40.7 Å². The van der Waals surface area contributed by atoms with Gasteiger partial charge in [0.1, 0.15) is 0 Å². The highest BCUT2D eigenvalue weighted by Crippen LogP contribution is 2.26. The lowest BCUT2D eigenvalue weighted by Gasteiger charge is -2.32. The molecular weight excluding hydrogens is 481 g/mol. The molecule has 0 aliphatic carbocycles. The van der Waals surface area contributed by atoms with Crippen LogP contribution >= 0.6 is 23.2 Å². The lowest BCUT2D eigenvalue weighted by molar-refractivity contribution is -0.121. The smallest absolute Gasteiger partial charge is 0.253 e. The van der Waals surface area contributed by atoms with Gasteiger partial charge in [-0.3, -0.25) is 14.5 Å². The van der Waals surface area contributed by atoms with Gasteiger partial charge in [0.2, 0.25) is 5.91 Å². The number of piperidine rings is 1. The molecule has 182 valence electrons. The van der Waals surface area contributed by atoms with E-state index in [4.69, 9.17) is 23.2 Å². The topological polar surface area (TPSA) is 61.4 Å². The highest BCUT2D eigenvalue weighted by Gasteiger charge is 2.27. The summed E-state index contributed by atoms with van der Waals surface area (Å²) in [6, 6.07) is 22.3. The van der Waals surface area contributed by atoms with Gasteiger partial charge in [0, 0.05) is 23.1 Å². The van der Waals surface area contributed by atoms with Crippen molar-refractivity contribution in [2.24, 2.45) is 5.92 Å². The standard InChI is InChI=1S/C28H29Cl2N3O2/c1-19(20-8-3-2-4-9-20)31-28(35)24-11-5-6-12-26(24)32-27(34)22-10-7-15-33(18-22)17-21-13-14-23(29)16-25(21)30/h2-6,8-9,11-14,16,19,22H,7,10,15,17-18H2,1H3,(H,31,35)(H,32,34). The zero-order chi connectivity index (χ0) is 24.8. The Kier molecular flexibility index (Phi) is 8.45. The Balaban J connectivity index is 1.40. The number of nitrogens with zero attached hydrogens (tertiary/aromatic N) is 1. The minimum Gasteiger partial charge on any atom is -0.345 e. The number of amides is 2. The van der Waals surface area contributed by atoms with E-state index in [1.807, 2.05) is 55.5 Å².